The Hall–Kier alpha value is -0.850. The molecule has 1 saturated heterocycles. The van der Waals surface area contributed by atoms with Crippen LogP contribution in [0, 0.1) is 0 Å². The highest BCUT2D eigenvalue weighted by atomic mass is 16.6. The second-order valence-corrected chi connectivity index (χ2v) is 7.17. The molecule has 0 radical (unpaired) electrons. The lowest BCUT2D eigenvalue weighted by atomic mass is 10.0. The summed E-state index contributed by atoms with van der Waals surface area (Å²) in [5.74, 6) is 0. The molecule has 1 aliphatic rings. The highest BCUT2D eigenvalue weighted by Gasteiger charge is 2.48. The maximum Gasteiger partial charge on any atom is 0.412 e. The molecular formula is C16H31NO5. The fourth-order valence-corrected chi connectivity index (χ4v) is 2.70. The van der Waals surface area contributed by atoms with Gasteiger partial charge >= 0.3 is 6.09 Å². The second kappa shape index (κ2) is 7.62. The molecule has 22 heavy (non-hydrogen) atoms. The Balaban J connectivity index is 2.85. The van der Waals surface area contributed by atoms with Gasteiger partial charge in [0, 0.05) is 13.7 Å². The van der Waals surface area contributed by atoms with E-state index >= 15 is 0 Å². The SMILES string of the molecule is COC(CCCCO)[C@@H]1COC(C)(C)N1C(=O)OC(C)(C)C. The maximum absolute atomic E-state index is 12.6. The number of unbranched alkanes of at least 4 members (excludes halogenated alkanes) is 1. The summed E-state index contributed by atoms with van der Waals surface area (Å²) in [6, 6.07) is -0.187. The third kappa shape index (κ3) is 5.11. The first-order valence-electron chi connectivity index (χ1n) is 7.92. The van der Waals surface area contributed by atoms with E-state index in [9.17, 15) is 4.79 Å². The molecular weight excluding hydrogens is 286 g/mol. The van der Waals surface area contributed by atoms with E-state index in [2.05, 4.69) is 0 Å². The predicted octanol–water partition coefficient (Wildman–Crippen LogP) is 2.54. The lowest BCUT2D eigenvalue weighted by Crippen LogP contribution is -2.53. The first-order valence-corrected chi connectivity index (χ1v) is 7.92. The van der Waals surface area contributed by atoms with Crippen LogP contribution in [0.5, 0.6) is 0 Å². The summed E-state index contributed by atoms with van der Waals surface area (Å²) in [4.78, 5) is 14.2. The molecule has 0 saturated carbocycles. The highest BCUT2D eigenvalue weighted by Crippen LogP contribution is 2.32. The molecule has 0 aromatic rings. The van der Waals surface area contributed by atoms with Gasteiger partial charge in [-0.25, -0.2) is 4.79 Å². The van der Waals surface area contributed by atoms with Crippen LogP contribution in [0.4, 0.5) is 4.79 Å². The zero-order valence-electron chi connectivity index (χ0n) is 14.7. The van der Waals surface area contributed by atoms with E-state index < -0.39 is 11.3 Å². The number of amides is 1. The molecule has 1 aliphatic heterocycles. The van der Waals surface area contributed by atoms with Crippen LogP contribution in [0.2, 0.25) is 0 Å². The molecule has 1 rings (SSSR count). The molecule has 1 N–H and O–H groups in total. The number of ether oxygens (including phenoxy) is 3. The maximum atomic E-state index is 12.6. The van der Waals surface area contributed by atoms with E-state index in [1.165, 1.54) is 0 Å². The van der Waals surface area contributed by atoms with Crippen LogP contribution in [-0.4, -0.2) is 59.9 Å². The second-order valence-electron chi connectivity index (χ2n) is 7.17. The Morgan fingerprint density at radius 1 is 1.41 bits per heavy atom. The fraction of sp³-hybridized carbons (Fsp3) is 0.938. The van der Waals surface area contributed by atoms with Gasteiger partial charge in [-0.1, -0.05) is 0 Å². The predicted molar refractivity (Wildman–Crippen MR) is 83.6 cm³/mol. The van der Waals surface area contributed by atoms with Crippen molar-refractivity contribution in [3.8, 4) is 0 Å². The monoisotopic (exact) mass is 317 g/mol. The number of hydrogen-bond acceptors (Lipinski definition) is 5. The van der Waals surface area contributed by atoms with Gasteiger partial charge in [-0.3, -0.25) is 4.90 Å². The highest BCUT2D eigenvalue weighted by molar-refractivity contribution is 5.69. The summed E-state index contributed by atoms with van der Waals surface area (Å²) in [6.45, 7) is 9.84. The topological polar surface area (TPSA) is 68.2 Å². The van der Waals surface area contributed by atoms with Crippen molar-refractivity contribution in [2.45, 2.75) is 77.4 Å². The normalized spacial score (nSPS) is 22.7. The van der Waals surface area contributed by atoms with E-state index in [-0.39, 0.29) is 24.8 Å². The summed E-state index contributed by atoms with van der Waals surface area (Å²) in [5, 5.41) is 8.92. The van der Waals surface area contributed by atoms with E-state index in [1.807, 2.05) is 34.6 Å². The zero-order valence-corrected chi connectivity index (χ0v) is 14.7. The van der Waals surface area contributed by atoms with Gasteiger partial charge in [-0.15, -0.1) is 0 Å². The van der Waals surface area contributed by atoms with Crippen LogP contribution in [0.1, 0.15) is 53.9 Å². The number of carbonyl (C=O) groups excluding carboxylic acids is 1. The largest absolute Gasteiger partial charge is 0.444 e. The van der Waals surface area contributed by atoms with Gasteiger partial charge in [0.2, 0.25) is 0 Å². The molecule has 130 valence electrons. The molecule has 0 spiro atoms. The van der Waals surface area contributed by atoms with Crippen LogP contribution in [-0.2, 0) is 14.2 Å². The molecule has 0 aliphatic carbocycles. The van der Waals surface area contributed by atoms with E-state index in [4.69, 9.17) is 19.3 Å². The molecule has 1 heterocycles. The van der Waals surface area contributed by atoms with Crippen LogP contribution >= 0.6 is 0 Å². The number of hydrogen-bond donors (Lipinski definition) is 1. The number of methoxy groups -OCH3 is 1. The van der Waals surface area contributed by atoms with Crippen LogP contribution < -0.4 is 0 Å². The van der Waals surface area contributed by atoms with E-state index in [1.54, 1.807) is 12.0 Å². The van der Waals surface area contributed by atoms with Crippen molar-refractivity contribution in [1.82, 2.24) is 4.90 Å². The summed E-state index contributed by atoms with van der Waals surface area (Å²) in [5.41, 5.74) is -1.28. The third-order valence-corrected chi connectivity index (χ3v) is 3.74. The first kappa shape index (κ1) is 19.2. The molecule has 2 atom stereocenters. The summed E-state index contributed by atoms with van der Waals surface area (Å²) in [7, 11) is 1.64. The van der Waals surface area contributed by atoms with Crippen molar-refractivity contribution >= 4 is 6.09 Å². The Kier molecular flexibility index (Phi) is 6.65. The van der Waals surface area contributed by atoms with Gasteiger partial charge in [0.05, 0.1) is 18.8 Å². The fourth-order valence-electron chi connectivity index (χ4n) is 2.70. The van der Waals surface area contributed by atoms with Crippen molar-refractivity contribution < 1.29 is 24.1 Å². The minimum atomic E-state index is -0.721. The smallest absolute Gasteiger partial charge is 0.412 e. The molecule has 6 nitrogen and oxygen atoms in total. The lowest BCUT2D eigenvalue weighted by Gasteiger charge is -2.37. The van der Waals surface area contributed by atoms with Gasteiger partial charge in [-0.2, -0.15) is 0 Å². The van der Waals surface area contributed by atoms with Gasteiger partial charge in [-0.05, 0) is 53.9 Å². The number of rotatable bonds is 6. The van der Waals surface area contributed by atoms with Crippen molar-refractivity contribution in [3.05, 3.63) is 0 Å². The van der Waals surface area contributed by atoms with Crippen LogP contribution in [0.15, 0.2) is 0 Å². The van der Waals surface area contributed by atoms with Gasteiger partial charge in [0.15, 0.2) is 0 Å². The molecule has 1 amide bonds. The summed E-state index contributed by atoms with van der Waals surface area (Å²) < 4.78 is 16.9. The van der Waals surface area contributed by atoms with Gasteiger partial charge in [0.25, 0.3) is 0 Å². The Morgan fingerprint density at radius 2 is 2.05 bits per heavy atom. The molecule has 1 unspecified atom stereocenters. The van der Waals surface area contributed by atoms with Crippen molar-refractivity contribution in [2.24, 2.45) is 0 Å². The third-order valence-electron chi connectivity index (χ3n) is 3.74. The summed E-state index contributed by atoms with van der Waals surface area (Å²) >= 11 is 0. The van der Waals surface area contributed by atoms with Crippen molar-refractivity contribution in [3.63, 3.8) is 0 Å². The molecule has 0 bridgehead atoms. The minimum absolute atomic E-state index is 0.138. The van der Waals surface area contributed by atoms with Gasteiger partial charge in [0.1, 0.15) is 11.3 Å². The van der Waals surface area contributed by atoms with E-state index in [0.29, 0.717) is 6.61 Å². The quantitative estimate of drug-likeness (QED) is 0.763. The van der Waals surface area contributed by atoms with Crippen LogP contribution in [0.25, 0.3) is 0 Å². The average Bonchev–Trinajstić information content (AvgIpc) is 2.68. The Bertz CT molecular complexity index is 364. The Labute approximate surface area is 133 Å². The number of aliphatic hydroxyl groups excluding tert-OH is 1. The molecule has 6 heteroatoms. The van der Waals surface area contributed by atoms with Crippen molar-refractivity contribution in [1.29, 1.82) is 0 Å². The first-order chi connectivity index (χ1) is 10.1. The zero-order chi connectivity index (χ0) is 17.0. The summed E-state index contributed by atoms with van der Waals surface area (Å²) in [6.07, 6.45) is 1.81. The van der Waals surface area contributed by atoms with Crippen molar-refractivity contribution in [2.75, 3.05) is 20.3 Å². The minimum Gasteiger partial charge on any atom is -0.444 e. The van der Waals surface area contributed by atoms with E-state index in [0.717, 1.165) is 19.3 Å². The number of carbonyl (C=O) groups is 1. The molecule has 0 aromatic heterocycles. The Morgan fingerprint density at radius 3 is 2.55 bits per heavy atom. The van der Waals surface area contributed by atoms with Crippen LogP contribution in [0.3, 0.4) is 0 Å². The van der Waals surface area contributed by atoms with Gasteiger partial charge < -0.3 is 19.3 Å². The lowest BCUT2D eigenvalue weighted by molar-refractivity contribution is -0.0703. The standard InChI is InChI=1S/C16H31NO5/c1-15(2,3)22-14(19)17-12(11-21-16(17,4)5)13(20-6)9-7-8-10-18/h12-13,18H,7-11H2,1-6H3/t12-,13?/m0/s1. The average molecular weight is 317 g/mol. The number of nitrogens with zero attached hydrogens (tertiary/aromatic N) is 1. The molecule has 1 fully saturated rings. The molecule has 0 aromatic carbocycles. The number of aliphatic hydroxyl groups is 1.